The van der Waals surface area contributed by atoms with Crippen molar-refractivity contribution in [2.75, 3.05) is 36.6 Å². The molecule has 0 atom stereocenters. The predicted molar refractivity (Wildman–Crippen MR) is 147 cm³/mol. The van der Waals surface area contributed by atoms with Gasteiger partial charge in [0.1, 0.15) is 5.82 Å². The van der Waals surface area contributed by atoms with Gasteiger partial charge in [0, 0.05) is 16.7 Å². The normalized spacial score (nSPS) is 13.9. The second-order valence-corrected chi connectivity index (χ2v) is 9.34. The minimum absolute atomic E-state index is 0.138. The van der Waals surface area contributed by atoms with Crippen LogP contribution in [0.1, 0.15) is 28.4 Å². The molecule has 35 heavy (non-hydrogen) atoms. The van der Waals surface area contributed by atoms with Gasteiger partial charge in [0.2, 0.25) is 11.9 Å². The van der Waals surface area contributed by atoms with Crippen molar-refractivity contribution in [3.8, 4) is 0 Å². The Labute approximate surface area is 218 Å². The molecule has 8 heteroatoms. The van der Waals surface area contributed by atoms with Crippen molar-refractivity contribution in [3.05, 3.63) is 111 Å². The molecule has 5 rings (SSSR count). The maximum absolute atomic E-state index is 5.54. The van der Waals surface area contributed by atoms with E-state index >= 15 is 0 Å². The van der Waals surface area contributed by atoms with E-state index in [0.29, 0.717) is 30.9 Å². The van der Waals surface area contributed by atoms with Crippen LogP contribution in [-0.4, -0.2) is 47.5 Å². The molecule has 2 heterocycles. The van der Waals surface area contributed by atoms with E-state index < -0.39 is 0 Å². The molecule has 1 aliphatic rings. The third-order valence-corrected chi connectivity index (χ3v) is 6.36. The van der Waals surface area contributed by atoms with Crippen LogP contribution in [0.25, 0.3) is 0 Å². The fourth-order valence-electron chi connectivity index (χ4n) is 4.00. The third kappa shape index (κ3) is 6.01. The number of morpholine rings is 1. The van der Waals surface area contributed by atoms with Crippen molar-refractivity contribution in [2.45, 2.75) is 5.92 Å². The third-order valence-electron chi connectivity index (χ3n) is 5.69. The number of benzene rings is 3. The molecule has 7 nitrogen and oxygen atoms in total. The van der Waals surface area contributed by atoms with Crippen LogP contribution in [-0.2, 0) is 4.74 Å². The van der Waals surface area contributed by atoms with Gasteiger partial charge in [-0.15, -0.1) is 0 Å². The van der Waals surface area contributed by atoms with Gasteiger partial charge in [-0.05, 0) is 51.4 Å². The highest BCUT2D eigenvalue weighted by atomic mass is 127. The van der Waals surface area contributed by atoms with Crippen molar-refractivity contribution in [1.29, 1.82) is 0 Å². The molecule has 0 amide bonds. The highest BCUT2D eigenvalue weighted by molar-refractivity contribution is 14.1. The first-order valence-corrected chi connectivity index (χ1v) is 12.6. The molecule has 0 radical (unpaired) electrons. The lowest BCUT2D eigenvalue weighted by atomic mass is 9.90. The van der Waals surface area contributed by atoms with Crippen LogP contribution in [0.2, 0.25) is 0 Å². The molecule has 0 spiro atoms. The van der Waals surface area contributed by atoms with Crippen molar-refractivity contribution >= 4 is 40.7 Å². The molecule has 1 aliphatic heterocycles. The molecule has 0 saturated carbocycles. The lowest BCUT2D eigenvalue weighted by Gasteiger charge is -2.27. The van der Waals surface area contributed by atoms with Gasteiger partial charge in [-0.25, -0.2) is 5.43 Å². The van der Waals surface area contributed by atoms with E-state index in [2.05, 4.69) is 68.3 Å². The van der Waals surface area contributed by atoms with Crippen LogP contribution in [0.5, 0.6) is 0 Å². The molecular formula is C27H25IN6O. The zero-order valence-corrected chi connectivity index (χ0v) is 21.2. The minimum atomic E-state index is -0.138. The van der Waals surface area contributed by atoms with E-state index in [0.717, 1.165) is 33.4 Å². The van der Waals surface area contributed by atoms with Crippen LogP contribution in [0.4, 0.5) is 11.9 Å². The van der Waals surface area contributed by atoms with Crippen molar-refractivity contribution < 1.29 is 4.74 Å². The van der Waals surface area contributed by atoms with Gasteiger partial charge >= 0.3 is 0 Å². The largest absolute Gasteiger partial charge is 0.378 e. The van der Waals surface area contributed by atoms with Gasteiger partial charge in [-0.3, -0.25) is 0 Å². The highest BCUT2D eigenvalue weighted by Crippen LogP contribution is 2.31. The SMILES string of the molecule is Ic1cccc(/C=N/Nc2nc(C(c3ccccc3)c3ccccc3)nc(N3CCOCC3)n2)c1. The van der Waals surface area contributed by atoms with Gasteiger partial charge < -0.3 is 9.64 Å². The summed E-state index contributed by atoms with van der Waals surface area (Å²) in [6, 6.07) is 28.8. The van der Waals surface area contributed by atoms with E-state index in [1.54, 1.807) is 6.21 Å². The Morgan fingerprint density at radius 3 is 2.20 bits per heavy atom. The first-order valence-electron chi connectivity index (χ1n) is 11.5. The average Bonchev–Trinajstić information content (AvgIpc) is 2.91. The topological polar surface area (TPSA) is 75.5 Å². The van der Waals surface area contributed by atoms with Crippen LogP contribution < -0.4 is 10.3 Å². The summed E-state index contributed by atoms with van der Waals surface area (Å²) in [5.74, 6) is 1.57. The van der Waals surface area contributed by atoms with Crippen molar-refractivity contribution in [3.63, 3.8) is 0 Å². The summed E-state index contributed by atoms with van der Waals surface area (Å²) in [7, 11) is 0. The Morgan fingerprint density at radius 1 is 0.857 bits per heavy atom. The molecule has 0 bridgehead atoms. The fourth-order valence-corrected chi connectivity index (χ4v) is 4.56. The second kappa shape index (κ2) is 11.4. The molecule has 176 valence electrons. The first-order chi connectivity index (χ1) is 17.3. The number of nitrogens with zero attached hydrogens (tertiary/aromatic N) is 5. The van der Waals surface area contributed by atoms with Gasteiger partial charge in [0.05, 0.1) is 25.3 Å². The smallest absolute Gasteiger partial charge is 0.248 e. The van der Waals surface area contributed by atoms with E-state index in [1.165, 1.54) is 0 Å². The summed E-state index contributed by atoms with van der Waals surface area (Å²) < 4.78 is 6.69. The van der Waals surface area contributed by atoms with Crippen LogP contribution in [0.15, 0.2) is 90.0 Å². The number of hydrogen-bond acceptors (Lipinski definition) is 7. The fraction of sp³-hybridized carbons (Fsp3) is 0.185. The molecule has 1 N–H and O–H groups in total. The lowest BCUT2D eigenvalue weighted by Crippen LogP contribution is -2.37. The summed E-state index contributed by atoms with van der Waals surface area (Å²) >= 11 is 2.29. The molecule has 1 fully saturated rings. The standard InChI is InChI=1S/C27H25IN6O/c28-23-13-7-8-20(18-23)19-29-33-26-30-25(31-27(32-26)34-14-16-35-17-15-34)24(21-9-3-1-4-10-21)22-11-5-2-6-12-22/h1-13,18-19,24H,14-17H2,(H,30,31,32,33)/b29-19+. The Balaban J connectivity index is 1.54. The highest BCUT2D eigenvalue weighted by Gasteiger charge is 2.24. The van der Waals surface area contributed by atoms with Gasteiger partial charge in [-0.2, -0.15) is 20.1 Å². The van der Waals surface area contributed by atoms with Crippen LogP contribution in [0, 0.1) is 3.57 Å². The number of aromatic nitrogens is 3. The van der Waals surface area contributed by atoms with Crippen LogP contribution >= 0.6 is 22.6 Å². The van der Waals surface area contributed by atoms with E-state index in [1.807, 2.05) is 54.6 Å². The number of halogens is 1. The minimum Gasteiger partial charge on any atom is -0.378 e. The number of rotatable bonds is 7. The summed E-state index contributed by atoms with van der Waals surface area (Å²) in [6.45, 7) is 2.76. The quantitative estimate of drug-likeness (QED) is 0.191. The Morgan fingerprint density at radius 2 is 1.54 bits per heavy atom. The first kappa shape index (κ1) is 23.4. The molecule has 0 unspecified atom stereocenters. The Bertz CT molecular complexity index is 1240. The lowest BCUT2D eigenvalue weighted by molar-refractivity contribution is 0.122. The van der Waals surface area contributed by atoms with Gasteiger partial charge in [0.25, 0.3) is 0 Å². The number of anilines is 2. The summed E-state index contributed by atoms with van der Waals surface area (Å²) in [6.07, 6.45) is 1.77. The second-order valence-electron chi connectivity index (χ2n) is 8.10. The summed E-state index contributed by atoms with van der Waals surface area (Å²) in [5.41, 5.74) is 6.27. The Hall–Kier alpha value is -3.37. The number of ether oxygens (including phenoxy) is 1. The summed E-state index contributed by atoms with van der Waals surface area (Å²) in [4.78, 5) is 16.6. The van der Waals surface area contributed by atoms with E-state index in [9.17, 15) is 0 Å². The van der Waals surface area contributed by atoms with Crippen molar-refractivity contribution in [1.82, 2.24) is 15.0 Å². The molecule has 1 saturated heterocycles. The maximum atomic E-state index is 5.54. The molecular weight excluding hydrogens is 551 g/mol. The Kier molecular flexibility index (Phi) is 7.59. The number of nitrogens with one attached hydrogen (secondary N) is 1. The van der Waals surface area contributed by atoms with Crippen LogP contribution in [0.3, 0.4) is 0 Å². The molecule has 0 aliphatic carbocycles. The molecule has 1 aromatic heterocycles. The molecule has 4 aromatic rings. The monoisotopic (exact) mass is 576 g/mol. The van der Waals surface area contributed by atoms with Gasteiger partial charge in [0.15, 0.2) is 0 Å². The van der Waals surface area contributed by atoms with Crippen molar-refractivity contribution in [2.24, 2.45) is 5.10 Å². The zero-order chi connectivity index (χ0) is 23.9. The molecule has 3 aromatic carbocycles. The van der Waals surface area contributed by atoms with E-state index in [4.69, 9.17) is 19.7 Å². The van der Waals surface area contributed by atoms with Gasteiger partial charge in [-0.1, -0.05) is 72.8 Å². The summed E-state index contributed by atoms with van der Waals surface area (Å²) in [5, 5.41) is 4.41. The zero-order valence-electron chi connectivity index (χ0n) is 19.1. The predicted octanol–water partition coefficient (Wildman–Crippen LogP) is 4.94. The number of hydrazone groups is 1. The average molecular weight is 576 g/mol. The maximum Gasteiger partial charge on any atom is 0.248 e. The number of hydrogen-bond donors (Lipinski definition) is 1. The van der Waals surface area contributed by atoms with E-state index in [-0.39, 0.29) is 5.92 Å².